The van der Waals surface area contributed by atoms with Crippen LogP contribution in [0.1, 0.15) is 26.9 Å². The van der Waals surface area contributed by atoms with Gasteiger partial charge in [-0.3, -0.25) is 9.59 Å². The highest BCUT2D eigenvalue weighted by Crippen LogP contribution is 2.36. The summed E-state index contributed by atoms with van der Waals surface area (Å²) < 4.78 is 1.45. The molecule has 1 aliphatic rings. The molecule has 0 saturated carbocycles. The molecule has 1 atom stereocenters. The highest BCUT2D eigenvalue weighted by Gasteiger charge is 2.24. The number of thioether (sulfide) groups is 1. The van der Waals surface area contributed by atoms with Crippen LogP contribution in [-0.2, 0) is 7.05 Å². The number of carbonyl (C=O) groups excluding carboxylic acids is 1. The van der Waals surface area contributed by atoms with Crippen molar-refractivity contribution in [1.29, 1.82) is 0 Å². The molecule has 0 N–H and O–H groups in total. The molecule has 1 saturated heterocycles. The lowest BCUT2D eigenvalue weighted by molar-refractivity contribution is 0.0764. The molecule has 1 amide bonds. The molecule has 1 fully saturated rings. The Morgan fingerprint density at radius 3 is 2.91 bits per heavy atom. The Kier molecular flexibility index (Phi) is 4.69. The first-order valence-electron chi connectivity index (χ1n) is 7.27. The Morgan fingerprint density at radius 2 is 2.14 bits per heavy atom. The van der Waals surface area contributed by atoms with Crippen LogP contribution in [0.15, 0.2) is 40.6 Å². The van der Waals surface area contributed by atoms with E-state index in [2.05, 4.69) is 17.5 Å². The number of carbonyl (C=O) groups is 1. The monoisotopic (exact) mass is 334 g/mol. The van der Waals surface area contributed by atoms with E-state index in [0.29, 0.717) is 18.3 Å². The first-order chi connectivity index (χ1) is 10.7. The average Bonchev–Trinajstić information content (AvgIpc) is 2.94. The SMILES string of the molecule is Cn1cccc(C(=O)N2CCS[C@H](c3cccs3)CC2)c1=O. The number of rotatable bonds is 2. The van der Waals surface area contributed by atoms with E-state index < -0.39 is 0 Å². The third kappa shape index (κ3) is 3.13. The van der Waals surface area contributed by atoms with Crippen LogP contribution in [0.25, 0.3) is 0 Å². The summed E-state index contributed by atoms with van der Waals surface area (Å²) in [6.45, 7) is 1.40. The maximum atomic E-state index is 12.6. The molecule has 0 bridgehead atoms. The van der Waals surface area contributed by atoms with Crippen molar-refractivity contribution in [3.8, 4) is 0 Å². The highest BCUT2D eigenvalue weighted by atomic mass is 32.2. The Bertz CT molecular complexity index is 709. The normalized spacial score (nSPS) is 19.0. The fourth-order valence-electron chi connectivity index (χ4n) is 2.61. The second kappa shape index (κ2) is 6.71. The van der Waals surface area contributed by atoms with Gasteiger partial charge >= 0.3 is 0 Å². The van der Waals surface area contributed by atoms with Gasteiger partial charge in [-0.05, 0) is 30.0 Å². The Hall–Kier alpha value is -1.53. The molecule has 3 heterocycles. The number of aromatic nitrogens is 1. The number of pyridine rings is 1. The molecule has 2 aromatic rings. The molecule has 2 aromatic heterocycles. The lowest BCUT2D eigenvalue weighted by atomic mass is 10.2. The molecule has 0 unspecified atom stereocenters. The standard InChI is InChI=1S/C16H18N2O2S2/c1-17-7-2-4-12(15(17)19)16(20)18-8-6-14(22-11-9-18)13-5-3-10-21-13/h2-5,7,10,14H,6,8-9,11H2,1H3/t14-/m0/s1. The van der Waals surface area contributed by atoms with Crippen molar-refractivity contribution < 1.29 is 4.79 Å². The first kappa shape index (κ1) is 15.4. The van der Waals surface area contributed by atoms with Crippen LogP contribution in [0.5, 0.6) is 0 Å². The molecular formula is C16H18N2O2S2. The van der Waals surface area contributed by atoms with E-state index in [-0.39, 0.29) is 17.0 Å². The number of amides is 1. The molecule has 3 rings (SSSR count). The summed E-state index contributed by atoms with van der Waals surface area (Å²) in [5.74, 6) is 0.759. The van der Waals surface area contributed by atoms with Gasteiger partial charge in [0.2, 0.25) is 0 Å². The van der Waals surface area contributed by atoms with Crippen LogP contribution < -0.4 is 5.56 Å². The predicted octanol–water partition coefficient (Wildman–Crippen LogP) is 2.77. The van der Waals surface area contributed by atoms with Gasteiger partial charge in [-0.25, -0.2) is 0 Å². The second-order valence-corrected chi connectivity index (χ2v) is 7.58. The van der Waals surface area contributed by atoms with Crippen molar-refractivity contribution in [3.63, 3.8) is 0 Å². The van der Waals surface area contributed by atoms with E-state index in [4.69, 9.17) is 0 Å². The van der Waals surface area contributed by atoms with Gasteiger partial charge in [0.25, 0.3) is 11.5 Å². The molecule has 0 aliphatic carbocycles. The molecular weight excluding hydrogens is 316 g/mol. The summed E-state index contributed by atoms with van der Waals surface area (Å²) in [4.78, 5) is 27.9. The topological polar surface area (TPSA) is 42.3 Å². The summed E-state index contributed by atoms with van der Waals surface area (Å²) in [6.07, 6.45) is 2.61. The van der Waals surface area contributed by atoms with E-state index in [9.17, 15) is 9.59 Å². The van der Waals surface area contributed by atoms with E-state index in [1.807, 2.05) is 16.7 Å². The molecule has 0 aromatic carbocycles. The van der Waals surface area contributed by atoms with Crippen molar-refractivity contribution in [3.05, 3.63) is 56.6 Å². The second-order valence-electron chi connectivity index (χ2n) is 5.29. The van der Waals surface area contributed by atoms with Gasteiger partial charge in [0, 0.05) is 42.2 Å². The van der Waals surface area contributed by atoms with Gasteiger partial charge in [0.15, 0.2) is 0 Å². The number of nitrogens with zero attached hydrogens (tertiary/aromatic N) is 2. The summed E-state index contributed by atoms with van der Waals surface area (Å²) in [7, 11) is 1.67. The third-order valence-corrected chi connectivity index (χ3v) is 6.29. The van der Waals surface area contributed by atoms with Gasteiger partial charge in [-0.1, -0.05) is 6.07 Å². The minimum atomic E-state index is -0.223. The smallest absolute Gasteiger partial charge is 0.263 e. The molecule has 1 aliphatic heterocycles. The minimum Gasteiger partial charge on any atom is -0.338 e. The zero-order valence-electron chi connectivity index (χ0n) is 12.4. The molecule has 0 radical (unpaired) electrons. The van der Waals surface area contributed by atoms with Crippen LogP contribution in [0, 0.1) is 0 Å². The van der Waals surface area contributed by atoms with E-state index in [1.54, 1.807) is 36.7 Å². The Morgan fingerprint density at radius 1 is 1.27 bits per heavy atom. The highest BCUT2D eigenvalue weighted by molar-refractivity contribution is 7.99. The average molecular weight is 334 g/mol. The quantitative estimate of drug-likeness (QED) is 0.848. The number of hydrogen-bond acceptors (Lipinski definition) is 4. The number of thiophene rings is 1. The van der Waals surface area contributed by atoms with Crippen molar-refractivity contribution in [2.45, 2.75) is 11.7 Å². The zero-order chi connectivity index (χ0) is 15.5. The molecule has 22 heavy (non-hydrogen) atoms. The summed E-state index contributed by atoms with van der Waals surface area (Å²) in [6, 6.07) is 7.60. The summed E-state index contributed by atoms with van der Waals surface area (Å²) in [5, 5.41) is 2.55. The maximum Gasteiger partial charge on any atom is 0.263 e. The van der Waals surface area contributed by atoms with Crippen LogP contribution in [0.4, 0.5) is 0 Å². The van der Waals surface area contributed by atoms with Gasteiger partial charge < -0.3 is 9.47 Å². The van der Waals surface area contributed by atoms with Crippen LogP contribution in [0.2, 0.25) is 0 Å². The van der Waals surface area contributed by atoms with E-state index in [1.165, 1.54) is 9.44 Å². The Labute approximate surface area is 137 Å². The predicted molar refractivity (Wildman–Crippen MR) is 91.7 cm³/mol. The summed E-state index contributed by atoms with van der Waals surface area (Å²) in [5.41, 5.74) is 0.0452. The zero-order valence-corrected chi connectivity index (χ0v) is 14.0. The van der Waals surface area contributed by atoms with Crippen LogP contribution in [0.3, 0.4) is 0 Å². The van der Waals surface area contributed by atoms with E-state index in [0.717, 1.165) is 12.2 Å². The lowest BCUT2D eigenvalue weighted by Gasteiger charge is -2.20. The summed E-state index contributed by atoms with van der Waals surface area (Å²) >= 11 is 3.67. The third-order valence-electron chi connectivity index (χ3n) is 3.84. The lowest BCUT2D eigenvalue weighted by Crippen LogP contribution is -2.37. The van der Waals surface area contributed by atoms with Gasteiger partial charge in [0.1, 0.15) is 5.56 Å². The molecule has 4 nitrogen and oxygen atoms in total. The van der Waals surface area contributed by atoms with Crippen molar-refractivity contribution >= 4 is 29.0 Å². The van der Waals surface area contributed by atoms with Crippen molar-refractivity contribution in [2.24, 2.45) is 7.05 Å². The van der Waals surface area contributed by atoms with Crippen LogP contribution >= 0.6 is 23.1 Å². The first-order valence-corrected chi connectivity index (χ1v) is 9.19. The molecule has 6 heteroatoms. The number of hydrogen-bond donors (Lipinski definition) is 0. The number of aryl methyl sites for hydroxylation is 1. The minimum absolute atomic E-state index is 0.145. The fraction of sp³-hybridized carbons (Fsp3) is 0.375. The largest absolute Gasteiger partial charge is 0.338 e. The van der Waals surface area contributed by atoms with Crippen LogP contribution in [-0.4, -0.2) is 34.2 Å². The van der Waals surface area contributed by atoms with E-state index >= 15 is 0 Å². The maximum absolute atomic E-state index is 12.6. The molecule has 116 valence electrons. The van der Waals surface area contributed by atoms with Gasteiger partial charge in [-0.15, -0.1) is 11.3 Å². The van der Waals surface area contributed by atoms with Gasteiger partial charge in [-0.2, -0.15) is 11.8 Å². The van der Waals surface area contributed by atoms with Crippen molar-refractivity contribution in [1.82, 2.24) is 9.47 Å². The molecule has 0 spiro atoms. The van der Waals surface area contributed by atoms with Gasteiger partial charge in [0.05, 0.1) is 0 Å². The Balaban J connectivity index is 1.74. The fourth-order valence-corrected chi connectivity index (χ4v) is 4.84. The van der Waals surface area contributed by atoms with Crippen molar-refractivity contribution in [2.75, 3.05) is 18.8 Å².